The van der Waals surface area contributed by atoms with Crippen molar-refractivity contribution in [3.05, 3.63) is 58.0 Å². The molecule has 0 saturated heterocycles. The smallest absolute Gasteiger partial charge is 0.234 e. The second-order valence-electron chi connectivity index (χ2n) is 5.03. The first-order valence-electron chi connectivity index (χ1n) is 7.17. The van der Waals surface area contributed by atoms with Gasteiger partial charge in [-0.05, 0) is 42.5 Å². The lowest BCUT2D eigenvalue weighted by atomic mass is 10.2. The van der Waals surface area contributed by atoms with E-state index in [9.17, 15) is 4.79 Å². The van der Waals surface area contributed by atoms with Gasteiger partial charge in [-0.2, -0.15) is 0 Å². The molecule has 3 rings (SSSR count). The molecule has 3 aromatic rings. The highest BCUT2D eigenvalue weighted by atomic mass is 79.9. The van der Waals surface area contributed by atoms with E-state index in [1.165, 1.54) is 16.4 Å². The summed E-state index contributed by atoms with van der Waals surface area (Å²) in [5, 5.41) is 12.0. The molecule has 1 heterocycles. The van der Waals surface area contributed by atoms with Crippen LogP contribution in [0.15, 0.2) is 58.2 Å². The minimum absolute atomic E-state index is 0.154. The second kappa shape index (κ2) is 7.90. The number of hydrogen-bond donors (Lipinski definition) is 2. The average molecular weight is 439 g/mol. The van der Waals surface area contributed by atoms with E-state index in [0.717, 1.165) is 15.7 Å². The molecule has 0 fully saturated rings. The molecule has 2 aromatic carbocycles. The molecule has 0 aliphatic rings. The Kier molecular flexibility index (Phi) is 5.62. The SMILES string of the molecule is Nn1c(SCC(=O)Nc2cccc(Br)c2)nnc1-c1ccc(Cl)cc1. The van der Waals surface area contributed by atoms with Crippen molar-refractivity contribution in [1.82, 2.24) is 14.9 Å². The summed E-state index contributed by atoms with van der Waals surface area (Å²) >= 11 is 10.5. The van der Waals surface area contributed by atoms with E-state index in [1.54, 1.807) is 12.1 Å². The first-order chi connectivity index (χ1) is 12.0. The van der Waals surface area contributed by atoms with E-state index in [4.69, 9.17) is 17.4 Å². The van der Waals surface area contributed by atoms with Crippen molar-refractivity contribution in [2.24, 2.45) is 0 Å². The lowest BCUT2D eigenvalue weighted by Crippen LogP contribution is -2.16. The van der Waals surface area contributed by atoms with Crippen LogP contribution in [0.5, 0.6) is 0 Å². The molecule has 0 aliphatic carbocycles. The molecule has 0 unspecified atom stereocenters. The van der Waals surface area contributed by atoms with Crippen molar-refractivity contribution in [1.29, 1.82) is 0 Å². The molecule has 6 nitrogen and oxygen atoms in total. The summed E-state index contributed by atoms with van der Waals surface area (Å²) in [4.78, 5) is 12.1. The maximum Gasteiger partial charge on any atom is 0.234 e. The number of amides is 1. The van der Waals surface area contributed by atoms with Crippen molar-refractivity contribution in [3.8, 4) is 11.4 Å². The molecule has 0 spiro atoms. The Labute approximate surface area is 161 Å². The van der Waals surface area contributed by atoms with Crippen LogP contribution in [0.25, 0.3) is 11.4 Å². The number of anilines is 1. The van der Waals surface area contributed by atoms with Gasteiger partial charge in [-0.3, -0.25) is 4.79 Å². The Balaban J connectivity index is 1.64. The first kappa shape index (κ1) is 17.8. The second-order valence-corrected chi connectivity index (χ2v) is 7.32. The van der Waals surface area contributed by atoms with Crippen molar-refractivity contribution < 1.29 is 4.79 Å². The normalized spacial score (nSPS) is 10.6. The van der Waals surface area contributed by atoms with E-state index < -0.39 is 0 Å². The van der Waals surface area contributed by atoms with Crippen LogP contribution in [0, 0.1) is 0 Å². The minimum Gasteiger partial charge on any atom is -0.335 e. The van der Waals surface area contributed by atoms with Gasteiger partial charge in [0.25, 0.3) is 0 Å². The van der Waals surface area contributed by atoms with Crippen LogP contribution in [0.4, 0.5) is 5.69 Å². The third kappa shape index (κ3) is 4.53. The zero-order chi connectivity index (χ0) is 17.8. The van der Waals surface area contributed by atoms with Crippen LogP contribution in [0.3, 0.4) is 0 Å². The van der Waals surface area contributed by atoms with Crippen LogP contribution in [0.1, 0.15) is 0 Å². The lowest BCUT2D eigenvalue weighted by molar-refractivity contribution is -0.113. The Morgan fingerprint density at radius 3 is 2.72 bits per heavy atom. The third-order valence-electron chi connectivity index (χ3n) is 3.21. The molecule has 3 N–H and O–H groups in total. The summed E-state index contributed by atoms with van der Waals surface area (Å²) in [6.07, 6.45) is 0. The Morgan fingerprint density at radius 1 is 1.24 bits per heavy atom. The van der Waals surface area contributed by atoms with Gasteiger partial charge in [0.15, 0.2) is 5.82 Å². The number of aromatic nitrogens is 3. The fourth-order valence-electron chi connectivity index (χ4n) is 2.06. The topological polar surface area (TPSA) is 85.8 Å². The van der Waals surface area contributed by atoms with Gasteiger partial charge in [-0.15, -0.1) is 10.2 Å². The molecule has 0 radical (unpaired) electrons. The Morgan fingerprint density at radius 2 is 2.00 bits per heavy atom. The van der Waals surface area contributed by atoms with Gasteiger partial charge in [0.2, 0.25) is 11.1 Å². The number of nitrogen functional groups attached to an aromatic ring is 1. The highest BCUT2D eigenvalue weighted by Crippen LogP contribution is 2.23. The molecule has 0 saturated carbocycles. The zero-order valence-electron chi connectivity index (χ0n) is 12.8. The van der Waals surface area contributed by atoms with Crippen molar-refractivity contribution in [2.75, 3.05) is 16.9 Å². The van der Waals surface area contributed by atoms with Gasteiger partial charge < -0.3 is 11.2 Å². The van der Waals surface area contributed by atoms with E-state index in [-0.39, 0.29) is 11.7 Å². The zero-order valence-corrected chi connectivity index (χ0v) is 16.0. The number of carbonyl (C=O) groups is 1. The summed E-state index contributed by atoms with van der Waals surface area (Å²) in [6.45, 7) is 0. The molecular formula is C16H13BrClN5OS. The van der Waals surface area contributed by atoms with Crippen LogP contribution in [-0.4, -0.2) is 26.5 Å². The molecule has 0 aliphatic heterocycles. The van der Waals surface area contributed by atoms with Crippen molar-refractivity contribution in [3.63, 3.8) is 0 Å². The van der Waals surface area contributed by atoms with Gasteiger partial charge in [-0.25, -0.2) is 4.68 Å². The average Bonchev–Trinajstić information content (AvgIpc) is 2.94. The summed E-state index contributed by atoms with van der Waals surface area (Å²) in [7, 11) is 0. The molecule has 1 aromatic heterocycles. The summed E-state index contributed by atoms with van der Waals surface area (Å²) in [5.74, 6) is 6.55. The number of nitrogens with zero attached hydrogens (tertiary/aromatic N) is 3. The fourth-order valence-corrected chi connectivity index (χ4v) is 3.25. The standard InChI is InChI=1S/C16H13BrClN5OS/c17-11-2-1-3-13(8-11)20-14(24)9-25-16-22-21-15(23(16)19)10-4-6-12(18)7-5-10/h1-8H,9,19H2,(H,20,24). The number of rotatable bonds is 5. The first-order valence-corrected chi connectivity index (χ1v) is 9.33. The molecule has 0 bridgehead atoms. The summed E-state index contributed by atoms with van der Waals surface area (Å²) in [5.41, 5.74) is 1.51. The van der Waals surface area contributed by atoms with E-state index >= 15 is 0 Å². The summed E-state index contributed by atoms with van der Waals surface area (Å²) < 4.78 is 2.26. The van der Waals surface area contributed by atoms with Crippen LogP contribution in [0.2, 0.25) is 5.02 Å². The van der Waals surface area contributed by atoms with Crippen LogP contribution >= 0.6 is 39.3 Å². The number of nitrogens with two attached hydrogens (primary N) is 1. The Hall–Kier alpha value is -2.03. The van der Waals surface area contributed by atoms with Crippen molar-refractivity contribution >= 4 is 50.9 Å². The van der Waals surface area contributed by atoms with Crippen molar-refractivity contribution in [2.45, 2.75) is 5.16 Å². The molecular weight excluding hydrogens is 426 g/mol. The largest absolute Gasteiger partial charge is 0.335 e. The molecule has 1 amide bonds. The Bertz CT molecular complexity index is 900. The number of benzene rings is 2. The van der Waals surface area contributed by atoms with Gasteiger partial charge in [0.05, 0.1) is 5.75 Å². The number of nitrogens with one attached hydrogen (secondary N) is 1. The maximum atomic E-state index is 12.1. The number of carbonyl (C=O) groups excluding carboxylic acids is 1. The highest BCUT2D eigenvalue weighted by Gasteiger charge is 2.14. The molecule has 128 valence electrons. The van der Waals surface area contributed by atoms with E-state index in [1.807, 2.05) is 36.4 Å². The lowest BCUT2D eigenvalue weighted by Gasteiger charge is -2.06. The van der Waals surface area contributed by atoms with Gasteiger partial charge in [-0.1, -0.05) is 45.4 Å². The van der Waals surface area contributed by atoms with E-state index in [2.05, 4.69) is 31.4 Å². The van der Waals surface area contributed by atoms with Crippen LogP contribution < -0.4 is 11.2 Å². The number of halogens is 2. The third-order valence-corrected chi connectivity index (χ3v) is 4.90. The van der Waals surface area contributed by atoms with Gasteiger partial charge >= 0.3 is 0 Å². The summed E-state index contributed by atoms with van der Waals surface area (Å²) in [6, 6.07) is 14.5. The predicted octanol–water partition coefficient (Wildman–Crippen LogP) is 3.81. The maximum absolute atomic E-state index is 12.1. The quantitative estimate of drug-likeness (QED) is 0.467. The monoisotopic (exact) mass is 437 g/mol. The van der Waals surface area contributed by atoms with Crippen LogP contribution in [-0.2, 0) is 4.79 Å². The fraction of sp³-hybridized carbons (Fsp3) is 0.0625. The number of thioether (sulfide) groups is 1. The predicted molar refractivity (Wildman–Crippen MR) is 104 cm³/mol. The molecule has 0 atom stereocenters. The molecule has 9 heteroatoms. The minimum atomic E-state index is -0.154. The van der Waals surface area contributed by atoms with Gasteiger partial charge in [0, 0.05) is 20.7 Å². The van der Waals surface area contributed by atoms with Gasteiger partial charge in [0.1, 0.15) is 0 Å². The molecule has 25 heavy (non-hydrogen) atoms. The number of hydrogen-bond acceptors (Lipinski definition) is 5. The van der Waals surface area contributed by atoms with E-state index in [0.29, 0.717) is 16.0 Å². The highest BCUT2D eigenvalue weighted by molar-refractivity contribution is 9.10.